The molecule has 2 atom stereocenters. The molecule has 150 valence electrons. The number of thiocarbonyl (C=S) groups is 1. The lowest BCUT2D eigenvalue weighted by Crippen LogP contribution is -2.26. The van der Waals surface area contributed by atoms with E-state index in [0.717, 1.165) is 15.7 Å². The van der Waals surface area contributed by atoms with Crippen molar-refractivity contribution < 1.29 is 9.90 Å². The molecule has 0 saturated heterocycles. The molecule has 0 aliphatic rings. The summed E-state index contributed by atoms with van der Waals surface area (Å²) in [5.74, 6) is -0.420. The molecule has 0 amide bonds. The Morgan fingerprint density at radius 3 is 2.08 bits per heavy atom. The molecule has 0 heterocycles. The zero-order valence-electron chi connectivity index (χ0n) is 16.6. The van der Waals surface area contributed by atoms with Crippen molar-refractivity contribution >= 4 is 45.2 Å². The summed E-state index contributed by atoms with van der Waals surface area (Å²) in [5.41, 5.74) is 0. The van der Waals surface area contributed by atoms with Crippen LogP contribution in [0.2, 0.25) is 0 Å². The van der Waals surface area contributed by atoms with E-state index in [0.29, 0.717) is 6.42 Å². The largest absolute Gasteiger partial charge is 0.481 e. The molecule has 0 fully saturated rings. The molecule has 0 spiro atoms. The van der Waals surface area contributed by atoms with Gasteiger partial charge in [-0.2, -0.15) is 5.26 Å². The molecule has 0 aliphatic heterocycles. The summed E-state index contributed by atoms with van der Waals surface area (Å²) in [4.78, 5) is 11.0. The first kappa shape index (κ1) is 25.8. The third-order valence-electron chi connectivity index (χ3n) is 4.38. The monoisotopic (exact) mass is 417 g/mol. The smallest absolute Gasteiger partial charge is 0.306 e. The fourth-order valence-corrected chi connectivity index (χ4v) is 5.84. The molecule has 0 bridgehead atoms. The predicted octanol–water partition coefficient (Wildman–Crippen LogP) is 7.05. The first-order chi connectivity index (χ1) is 12.3. The van der Waals surface area contributed by atoms with Gasteiger partial charge in [-0.1, -0.05) is 95.6 Å². The minimum Gasteiger partial charge on any atom is -0.481 e. The molecule has 0 aliphatic carbocycles. The quantitative estimate of drug-likeness (QED) is 0.227. The first-order valence-corrected chi connectivity index (χ1v) is 12.1. The van der Waals surface area contributed by atoms with Crippen molar-refractivity contribution in [3.8, 4) is 6.07 Å². The van der Waals surface area contributed by atoms with E-state index in [-0.39, 0.29) is 0 Å². The molecule has 2 unspecified atom stereocenters. The second kappa shape index (κ2) is 15.8. The van der Waals surface area contributed by atoms with Crippen LogP contribution < -0.4 is 0 Å². The minimum atomic E-state index is -0.865. The van der Waals surface area contributed by atoms with Crippen molar-refractivity contribution in [2.75, 3.05) is 5.75 Å². The van der Waals surface area contributed by atoms with Crippen LogP contribution >= 0.6 is 35.7 Å². The molecular formula is C20H35NO2S3. The molecule has 6 heteroatoms. The highest BCUT2D eigenvalue weighted by molar-refractivity contribution is 8.47. The van der Waals surface area contributed by atoms with Crippen molar-refractivity contribution in [2.24, 2.45) is 5.92 Å². The lowest BCUT2D eigenvalue weighted by Gasteiger charge is -2.22. The number of thioether (sulfide) groups is 2. The molecule has 0 rings (SSSR count). The van der Waals surface area contributed by atoms with Crippen LogP contribution in [0.25, 0.3) is 0 Å². The zero-order valence-corrected chi connectivity index (χ0v) is 19.0. The van der Waals surface area contributed by atoms with Crippen LogP contribution in [-0.4, -0.2) is 25.1 Å². The van der Waals surface area contributed by atoms with Crippen molar-refractivity contribution in [1.82, 2.24) is 0 Å². The Morgan fingerprint density at radius 2 is 1.62 bits per heavy atom. The van der Waals surface area contributed by atoms with Gasteiger partial charge in [0.05, 0.1) is 12.0 Å². The molecule has 26 heavy (non-hydrogen) atoms. The highest BCUT2D eigenvalue weighted by Crippen LogP contribution is 2.36. The van der Waals surface area contributed by atoms with Crippen LogP contribution in [0, 0.1) is 17.2 Å². The average molecular weight is 418 g/mol. The number of carboxylic acids is 1. The number of nitriles is 1. The highest BCUT2D eigenvalue weighted by Gasteiger charge is 2.31. The van der Waals surface area contributed by atoms with Gasteiger partial charge < -0.3 is 5.11 Å². The molecule has 0 saturated carbocycles. The van der Waals surface area contributed by atoms with Crippen LogP contribution in [-0.2, 0) is 4.79 Å². The summed E-state index contributed by atoms with van der Waals surface area (Å²) >= 11 is 8.36. The summed E-state index contributed by atoms with van der Waals surface area (Å²) in [6, 6.07) is 2.24. The summed E-state index contributed by atoms with van der Waals surface area (Å²) in [6.45, 7) is 5.67. The van der Waals surface area contributed by atoms with Gasteiger partial charge in [0, 0.05) is 0 Å². The molecule has 0 radical (unpaired) electrons. The molecule has 1 N–H and O–H groups in total. The van der Waals surface area contributed by atoms with E-state index in [2.05, 4.69) is 13.0 Å². The van der Waals surface area contributed by atoms with Crippen LogP contribution in [0.1, 0.15) is 91.4 Å². The number of aliphatic carboxylic acids is 1. The molecule has 3 nitrogen and oxygen atoms in total. The van der Waals surface area contributed by atoms with Gasteiger partial charge in [-0.25, -0.2) is 0 Å². The first-order valence-electron chi connectivity index (χ1n) is 9.84. The summed E-state index contributed by atoms with van der Waals surface area (Å²) in [6.07, 6.45) is 13.5. The van der Waals surface area contributed by atoms with Crippen molar-refractivity contribution in [3.05, 3.63) is 0 Å². The number of nitrogens with zero attached hydrogens (tertiary/aromatic N) is 1. The Hall–Kier alpha value is -0.250. The van der Waals surface area contributed by atoms with Gasteiger partial charge in [0.15, 0.2) is 0 Å². The molecule has 0 aromatic rings. The zero-order chi connectivity index (χ0) is 19.8. The Labute approximate surface area is 174 Å². The molecule has 0 aromatic carbocycles. The Bertz CT molecular complexity index is 451. The number of hydrogen-bond acceptors (Lipinski definition) is 5. The van der Waals surface area contributed by atoms with Crippen LogP contribution in [0.4, 0.5) is 0 Å². The maximum atomic E-state index is 11.0. The van der Waals surface area contributed by atoms with Gasteiger partial charge >= 0.3 is 5.97 Å². The molecular weight excluding hydrogens is 382 g/mol. The number of carbonyl (C=O) groups is 1. The van der Waals surface area contributed by atoms with E-state index >= 15 is 0 Å². The summed E-state index contributed by atoms with van der Waals surface area (Å²) in [7, 11) is 0. The SMILES string of the molecule is CCCCCCCCCCCCSC(=S)SC(C)(C#N)CC(C)C(=O)O. The number of unbranched alkanes of at least 4 members (excludes halogenated alkanes) is 9. The Morgan fingerprint density at radius 1 is 1.12 bits per heavy atom. The van der Waals surface area contributed by atoms with Gasteiger partial charge in [0.1, 0.15) is 8.28 Å². The summed E-state index contributed by atoms with van der Waals surface area (Å²) in [5, 5.41) is 18.4. The average Bonchev–Trinajstić information content (AvgIpc) is 2.59. The topological polar surface area (TPSA) is 61.1 Å². The minimum absolute atomic E-state index is 0.308. The van der Waals surface area contributed by atoms with Gasteiger partial charge in [0.25, 0.3) is 0 Å². The normalized spacial score (nSPS) is 14.4. The van der Waals surface area contributed by atoms with Gasteiger partial charge in [-0.3, -0.25) is 4.79 Å². The highest BCUT2D eigenvalue weighted by atomic mass is 32.2. The van der Waals surface area contributed by atoms with Gasteiger partial charge in [0.2, 0.25) is 0 Å². The van der Waals surface area contributed by atoms with E-state index < -0.39 is 16.6 Å². The Balaban J connectivity index is 3.76. The van der Waals surface area contributed by atoms with Crippen molar-refractivity contribution in [2.45, 2.75) is 96.1 Å². The standard InChI is InChI=1S/C20H35NO2S3/c1-4-5-6-7-8-9-10-11-12-13-14-25-19(24)26-20(3,16-21)15-17(2)18(22)23/h17H,4-15H2,1-3H3,(H,22,23). The van der Waals surface area contributed by atoms with Gasteiger partial charge in [-0.05, 0) is 25.5 Å². The van der Waals surface area contributed by atoms with Crippen molar-refractivity contribution in [1.29, 1.82) is 5.26 Å². The number of rotatable bonds is 15. The maximum Gasteiger partial charge on any atom is 0.306 e. The lowest BCUT2D eigenvalue weighted by molar-refractivity contribution is -0.141. The lowest BCUT2D eigenvalue weighted by atomic mass is 9.98. The second-order valence-electron chi connectivity index (χ2n) is 7.17. The molecule has 0 aromatic heterocycles. The summed E-state index contributed by atoms with van der Waals surface area (Å²) < 4.78 is -0.0118. The third kappa shape index (κ3) is 13.9. The van der Waals surface area contributed by atoms with Crippen LogP contribution in [0.3, 0.4) is 0 Å². The van der Waals surface area contributed by atoms with Crippen LogP contribution in [0.5, 0.6) is 0 Å². The fraction of sp³-hybridized carbons (Fsp3) is 0.850. The van der Waals surface area contributed by atoms with E-state index in [1.807, 2.05) is 0 Å². The predicted molar refractivity (Wildman–Crippen MR) is 120 cm³/mol. The van der Waals surface area contributed by atoms with Gasteiger partial charge in [-0.15, -0.1) is 11.8 Å². The third-order valence-corrected chi connectivity index (χ3v) is 7.19. The maximum absolute atomic E-state index is 11.0. The number of hydrogen-bond donors (Lipinski definition) is 1. The fourth-order valence-electron chi connectivity index (χ4n) is 2.74. The van der Waals surface area contributed by atoms with E-state index in [4.69, 9.17) is 17.3 Å². The van der Waals surface area contributed by atoms with Crippen molar-refractivity contribution in [3.63, 3.8) is 0 Å². The number of carboxylic acid groups (broad SMARTS) is 1. The second-order valence-corrected chi connectivity index (χ2v) is 11.0. The van der Waals surface area contributed by atoms with E-state index in [9.17, 15) is 10.1 Å². The van der Waals surface area contributed by atoms with E-state index in [1.54, 1.807) is 25.6 Å². The van der Waals surface area contributed by atoms with Crippen LogP contribution in [0.15, 0.2) is 0 Å². The van der Waals surface area contributed by atoms with E-state index in [1.165, 1.54) is 69.5 Å². The Kier molecular flexibility index (Phi) is 15.6.